The summed E-state index contributed by atoms with van der Waals surface area (Å²) < 4.78 is 10.5. The Bertz CT molecular complexity index is 528. The summed E-state index contributed by atoms with van der Waals surface area (Å²) in [6, 6.07) is 2.46. The van der Waals surface area contributed by atoms with Crippen LogP contribution in [0.5, 0.6) is 0 Å². The summed E-state index contributed by atoms with van der Waals surface area (Å²) in [6.45, 7) is 7.97. The van der Waals surface area contributed by atoms with Crippen LogP contribution in [0.3, 0.4) is 0 Å². The third-order valence-corrected chi connectivity index (χ3v) is 3.33. The summed E-state index contributed by atoms with van der Waals surface area (Å²) in [4.78, 5) is 24.0. The van der Waals surface area contributed by atoms with Crippen LogP contribution >= 0.6 is 0 Å². The van der Waals surface area contributed by atoms with E-state index in [1.54, 1.807) is 0 Å². The Hall–Kier alpha value is -1.93. The van der Waals surface area contributed by atoms with Gasteiger partial charge < -0.3 is 14.5 Å². The molecule has 1 saturated heterocycles. The highest BCUT2D eigenvalue weighted by atomic mass is 16.6. The summed E-state index contributed by atoms with van der Waals surface area (Å²) in [5.74, 6) is -0.404. The van der Waals surface area contributed by atoms with Crippen molar-refractivity contribution in [1.29, 1.82) is 0 Å². The Kier molecular flexibility index (Phi) is 5.51. The third kappa shape index (κ3) is 4.54. The van der Waals surface area contributed by atoms with Crippen LogP contribution in [-0.4, -0.2) is 54.6 Å². The minimum atomic E-state index is -0.676. The van der Waals surface area contributed by atoms with E-state index in [0.717, 1.165) is 25.7 Å². The van der Waals surface area contributed by atoms with E-state index in [9.17, 15) is 14.9 Å². The van der Waals surface area contributed by atoms with Crippen LogP contribution in [-0.2, 0) is 4.74 Å². The molecule has 8 heteroatoms. The molecule has 0 saturated carbocycles. The second kappa shape index (κ2) is 7.37. The fraction of sp³-hybridized carbons (Fsp3) is 0.643. The Balaban J connectivity index is 1.81. The standard InChI is InChI=1S/C14H21N3O5/c1-10(2)8-16-5-6-21-11(9-16)7-15-14(18)12-3-4-13(22-12)17(19)20/h3-4,10-11H,5-9H2,1-2H3,(H,15,18). The average molecular weight is 311 g/mol. The fourth-order valence-electron chi connectivity index (χ4n) is 2.43. The number of carbonyl (C=O) groups excluding carboxylic acids is 1. The molecule has 0 aliphatic carbocycles. The van der Waals surface area contributed by atoms with Crippen molar-refractivity contribution in [3.8, 4) is 0 Å². The zero-order valence-electron chi connectivity index (χ0n) is 12.8. The number of nitrogens with zero attached hydrogens (tertiary/aromatic N) is 2. The lowest BCUT2D eigenvalue weighted by Gasteiger charge is -2.33. The van der Waals surface area contributed by atoms with Crippen LogP contribution < -0.4 is 5.32 Å². The van der Waals surface area contributed by atoms with Gasteiger partial charge in [0.2, 0.25) is 0 Å². The zero-order valence-corrected chi connectivity index (χ0v) is 12.8. The maximum atomic E-state index is 11.9. The number of nitrogens with one attached hydrogen (secondary N) is 1. The van der Waals surface area contributed by atoms with Crippen LogP contribution in [0.4, 0.5) is 5.88 Å². The number of hydrogen-bond donors (Lipinski definition) is 1. The van der Waals surface area contributed by atoms with Crippen molar-refractivity contribution in [3.63, 3.8) is 0 Å². The largest absolute Gasteiger partial charge is 0.433 e. The second-order valence-corrected chi connectivity index (χ2v) is 5.75. The topological polar surface area (TPSA) is 97.8 Å². The van der Waals surface area contributed by atoms with Crippen molar-refractivity contribution in [3.05, 3.63) is 28.0 Å². The lowest BCUT2D eigenvalue weighted by atomic mass is 10.2. The van der Waals surface area contributed by atoms with Crippen LogP contribution in [0.2, 0.25) is 0 Å². The van der Waals surface area contributed by atoms with Crippen LogP contribution in [0.15, 0.2) is 16.5 Å². The molecular weight excluding hydrogens is 290 g/mol. The van der Waals surface area contributed by atoms with Gasteiger partial charge in [-0.3, -0.25) is 19.8 Å². The van der Waals surface area contributed by atoms with Gasteiger partial charge in [0.25, 0.3) is 5.91 Å². The predicted molar refractivity (Wildman–Crippen MR) is 78.7 cm³/mol. The number of nitro groups is 1. The van der Waals surface area contributed by atoms with Crippen molar-refractivity contribution in [2.75, 3.05) is 32.8 Å². The van der Waals surface area contributed by atoms with E-state index in [2.05, 4.69) is 24.1 Å². The summed E-state index contributed by atoms with van der Waals surface area (Å²) in [5.41, 5.74) is 0. The van der Waals surface area contributed by atoms with E-state index in [1.165, 1.54) is 6.07 Å². The average Bonchev–Trinajstić information content (AvgIpc) is 2.94. The number of morpholine rings is 1. The normalized spacial score (nSPS) is 19.3. The molecule has 1 fully saturated rings. The molecule has 1 N–H and O–H groups in total. The van der Waals surface area contributed by atoms with Crippen LogP contribution in [0.1, 0.15) is 24.4 Å². The van der Waals surface area contributed by atoms with Crippen molar-refractivity contribution in [2.45, 2.75) is 20.0 Å². The first-order chi connectivity index (χ1) is 10.5. The molecule has 0 radical (unpaired) electrons. The molecule has 1 aliphatic heterocycles. The van der Waals surface area contributed by atoms with Gasteiger partial charge in [-0.25, -0.2) is 0 Å². The quantitative estimate of drug-likeness (QED) is 0.627. The Morgan fingerprint density at radius 2 is 2.32 bits per heavy atom. The van der Waals surface area contributed by atoms with Crippen molar-refractivity contribution >= 4 is 11.8 Å². The lowest BCUT2D eigenvalue weighted by Crippen LogP contribution is -2.48. The maximum absolute atomic E-state index is 11.9. The number of ether oxygens (including phenoxy) is 1. The van der Waals surface area contributed by atoms with Gasteiger partial charge in [-0.1, -0.05) is 13.8 Å². The van der Waals surface area contributed by atoms with Gasteiger partial charge in [-0.15, -0.1) is 0 Å². The number of furan rings is 1. The molecular formula is C14H21N3O5. The maximum Gasteiger partial charge on any atom is 0.433 e. The number of amides is 1. The molecule has 1 aromatic heterocycles. The van der Waals surface area contributed by atoms with Gasteiger partial charge in [0.1, 0.15) is 4.92 Å². The highest BCUT2D eigenvalue weighted by molar-refractivity contribution is 5.91. The second-order valence-electron chi connectivity index (χ2n) is 5.75. The monoisotopic (exact) mass is 311 g/mol. The summed E-state index contributed by atoms with van der Waals surface area (Å²) in [6.07, 6.45) is -0.0820. The van der Waals surface area contributed by atoms with Gasteiger partial charge in [0.15, 0.2) is 5.76 Å². The van der Waals surface area contributed by atoms with Crippen LogP contribution in [0.25, 0.3) is 0 Å². The van der Waals surface area contributed by atoms with Crippen molar-refractivity contribution in [2.24, 2.45) is 5.92 Å². The fourth-order valence-corrected chi connectivity index (χ4v) is 2.43. The molecule has 1 aromatic rings. The van der Waals surface area contributed by atoms with E-state index in [0.29, 0.717) is 19.1 Å². The molecule has 1 unspecified atom stereocenters. The molecule has 0 aromatic carbocycles. The summed E-state index contributed by atoms with van der Waals surface area (Å²) in [5, 5.41) is 13.2. The van der Waals surface area contributed by atoms with Crippen molar-refractivity contribution in [1.82, 2.24) is 10.2 Å². The summed E-state index contributed by atoms with van der Waals surface area (Å²) in [7, 11) is 0. The summed E-state index contributed by atoms with van der Waals surface area (Å²) >= 11 is 0. The molecule has 0 bridgehead atoms. The van der Waals surface area contributed by atoms with E-state index < -0.39 is 16.7 Å². The van der Waals surface area contributed by atoms with E-state index in [-0.39, 0.29) is 11.9 Å². The lowest BCUT2D eigenvalue weighted by molar-refractivity contribution is -0.402. The van der Waals surface area contributed by atoms with Gasteiger partial charge in [0, 0.05) is 26.2 Å². The molecule has 0 spiro atoms. The van der Waals surface area contributed by atoms with Crippen molar-refractivity contribution < 1.29 is 18.9 Å². The molecule has 2 rings (SSSR count). The van der Waals surface area contributed by atoms with E-state index >= 15 is 0 Å². The number of hydrogen-bond acceptors (Lipinski definition) is 6. The Morgan fingerprint density at radius 1 is 1.55 bits per heavy atom. The molecule has 2 heterocycles. The first-order valence-corrected chi connectivity index (χ1v) is 7.32. The molecule has 1 amide bonds. The van der Waals surface area contributed by atoms with E-state index in [4.69, 9.17) is 9.15 Å². The minimum Gasteiger partial charge on any atom is -0.395 e. The SMILES string of the molecule is CC(C)CN1CCOC(CNC(=O)c2ccc([N+](=O)[O-])o2)C1. The Labute approximate surface area is 128 Å². The zero-order chi connectivity index (χ0) is 16.1. The minimum absolute atomic E-state index is 0.0680. The third-order valence-electron chi connectivity index (χ3n) is 3.33. The highest BCUT2D eigenvalue weighted by Gasteiger charge is 2.23. The molecule has 1 atom stereocenters. The highest BCUT2D eigenvalue weighted by Crippen LogP contribution is 2.15. The van der Waals surface area contributed by atoms with Gasteiger partial charge in [0.05, 0.1) is 18.8 Å². The van der Waals surface area contributed by atoms with Crippen LogP contribution in [0, 0.1) is 16.0 Å². The van der Waals surface area contributed by atoms with Gasteiger partial charge in [-0.2, -0.15) is 0 Å². The van der Waals surface area contributed by atoms with Gasteiger partial charge >= 0.3 is 5.88 Å². The number of carbonyl (C=O) groups is 1. The molecule has 8 nitrogen and oxygen atoms in total. The van der Waals surface area contributed by atoms with E-state index in [1.807, 2.05) is 0 Å². The molecule has 22 heavy (non-hydrogen) atoms. The first kappa shape index (κ1) is 16.4. The molecule has 122 valence electrons. The predicted octanol–water partition coefficient (Wildman–Crippen LogP) is 1.27. The Morgan fingerprint density at radius 3 is 2.95 bits per heavy atom. The smallest absolute Gasteiger partial charge is 0.395 e. The number of rotatable bonds is 6. The van der Waals surface area contributed by atoms with Gasteiger partial charge in [-0.05, 0) is 12.0 Å². The molecule has 1 aliphatic rings. The first-order valence-electron chi connectivity index (χ1n) is 7.32.